The number of benzene rings is 1. The Morgan fingerprint density at radius 3 is 2.27 bits per heavy atom. The van der Waals surface area contributed by atoms with E-state index in [4.69, 9.17) is 10.9 Å². The zero-order valence-corrected chi connectivity index (χ0v) is 6.04. The zero-order chi connectivity index (χ0) is 8.27. The third-order valence-corrected chi connectivity index (χ3v) is 1.38. The summed E-state index contributed by atoms with van der Waals surface area (Å²) in [6, 6.07) is 6.99. The fourth-order valence-corrected chi connectivity index (χ4v) is 0.759. The molecule has 4 N–H and O–H groups in total. The van der Waals surface area contributed by atoms with Crippen LogP contribution in [0, 0.1) is 0 Å². The number of anilines is 1. The molecule has 1 aromatic carbocycles. The summed E-state index contributed by atoms with van der Waals surface area (Å²) in [7, 11) is 0. The van der Waals surface area contributed by atoms with Crippen LogP contribution in [-0.4, -0.2) is 5.11 Å². The normalized spacial score (nSPS) is 9.18. The summed E-state index contributed by atoms with van der Waals surface area (Å²) in [5, 5.41) is 8.94. The average Bonchev–Trinajstić information content (AvgIpc) is 2.05. The molecule has 0 fully saturated rings. The van der Waals surface area contributed by atoms with Crippen LogP contribution < -0.4 is 11.3 Å². The minimum atomic E-state index is 0.0635. The van der Waals surface area contributed by atoms with Crippen molar-refractivity contribution in [2.24, 2.45) is 5.84 Å². The quantitative estimate of drug-likeness (QED) is 0.340. The molecule has 0 saturated heterocycles. The van der Waals surface area contributed by atoms with Crippen LogP contribution in [0.25, 0.3) is 5.76 Å². The fraction of sp³-hybridized carbons (Fsp3) is 0. The van der Waals surface area contributed by atoms with Crippen LogP contribution in [0.2, 0.25) is 0 Å². The Labute approximate surface area is 65.1 Å². The lowest BCUT2D eigenvalue weighted by Gasteiger charge is -2.00. The molecule has 58 valence electrons. The van der Waals surface area contributed by atoms with Gasteiger partial charge in [-0.1, -0.05) is 6.58 Å². The summed E-state index contributed by atoms with van der Waals surface area (Å²) in [6.07, 6.45) is 0. The maximum Gasteiger partial charge on any atom is 0.115 e. The van der Waals surface area contributed by atoms with Gasteiger partial charge >= 0.3 is 0 Å². The van der Waals surface area contributed by atoms with E-state index in [0.29, 0.717) is 5.56 Å². The minimum Gasteiger partial charge on any atom is -0.508 e. The van der Waals surface area contributed by atoms with Gasteiger partial charge < -0.3 is 10.5 Å². The van der Waals surface area contributed by atoms with Crippen LogP contribution in [0.1, 0.15) is 5.56 Å². The first-order valence-electron chi connectivity index (χ1n) is 3.19. The molecule has 0 aliphatic heterocycles. The van der Waals surface area contributed by atoms with E-state index < -0.39 is 0 Å². The molecule has 0 unspecified atom stereocenters. The molecule has 0 saturated carbocycles. The maximum atomic E-state index is 8.94. The second kappa shape index (κ2) is 3.07. The second-order valence-corrected chi connectivity index (χ2v) is 2.17. The number of hydrogen-bond acceptors (Lipinski definition) is 3. The van der Waals surface area contributed by atoms with Gasteiger partial charge in [-0.05, 0) is 24.3 Å². The van der Waals surface area contributed by atoms with E-state index in [1.165, 1.54) is 0 Å². The third kappa shape index (κ3) is 1.72. The fourth-order valence-electron chi connectivity index (χ4n) is 0.759. The minimum absolute atomic E-state index is 0.0635. The molecule has 3 nitrogen and oxygen atoms in total. The highest BCUT2D eigenvalue weighted by molar-refractivity contribution is 5.59. The Hall–Kier alpha value is -1.48. The number of nitrogens with two attached hydrogens (primary N) is 1. The van der Waals surface area contributed by atoms with Gasteiger partial charge in [-0.3, -0.25) is 5.84 Å². The molecule has 1 aromatic rings. The first-order valence-corrected chi connectivity index (χ1v) is 3.19. The van der Waals surface area contributed by atoms with Crippen molar-refractivity contribution < 1.29 is 5.11 Å². The lowest BCUT2D eigenvalue weighted by molar-refractivity contribution is 0.514. The second-order valence-electron chi connectivity index (χ2n) is 2.17. The molecule has 0 aliphatic carbocycles. The lowest BCUT2D eigenvalue weighted by Crippen LogP contribution is -2.06. The smallest absolute Gasteiger partial charge is 0.115 e. The van der Waals surface area contributed by atoms with Crippen LogP contribution >= 0.6 is 0 Å². The summed E-state index contributed by atoms with van der Waals surface area (Å²) >= 11 is 0. The van der Waals surface area contributed by atoms with Crippen LogP contribution in [0.15, 0.2) is 30.8 Å². The van der Waals surface area contributed by atoms with E-state index in [2.05, 4.69) is 12.0 Å². The van der Waals surface area contributed by atoms with Crippen molar-refractivity contribution in [2.45, 2.75) is 0 Å². The lowest BCUT2D eigenvalue weighted by atomic mass is 10.2. The molecule has 0 bridgehead atoms. The van der Waals surface area contributed by atoms with Crippen molar-refractivity contribution in [2.75, 3.05) is 5.43 Å². The van der Waals surface area contributed by atoms with E-state index in [-0.39, 0.29) is 5.76 Å². The predicted octanol–water partition coefficient (Wildman–Crippen LogP) is 1.50. The van der Waals surface area contributed by atoms with Gasteiger partial charge in [0.2, 0.25) is 0 Å². The molecule has 11 heavy (non-hydrogen) atoms. The molecule has 0 atom stereocenters. The molecule has 0 heterocycles. The van der Waals surface area contributed by atoms with Gasteiger partial charge in [-0.25, -0.2) is 0 Å². The van der Waals surface area contributed by atoms with Crippen molar-refractivity contribution in [1.82, 2.24) is 0 Å². The van der Waals surface area contributed by atoms with Crippen LogP contribution in [0.5, 0.6) is 0 Å². The number of aliphatic hydroxyl groups is 1. The monoisotopic (exact) mass is 150 g/mol. The van der Waals surface area contributed by atoms with E-state index in [9.17, 15) is 0 Å². The van der Waals surface area contributed by atoms with Crippen molar-refractivity contribution in [3.05, 3.63) is 36.4 Å². The van der Waals surface area contributed by atoms with Gasteiger partial charge in [0.1, 0.15) is 5.76 Å². The summed E-state index contributed by atoms with van der Waals surface area (Å²) < 4.78 is 0. The molecule has 0 amide bonds. The summed E-state index contributed by atoms with van der Waals surface area (Å²) in [5.41, 5.74) is 3.98. The van der Waals surface area contributed by atoms with E-state index in [1.807, 2.05) is 0 Å². The summed E-state index contributed by atoms with van der Waals surface area (Å²) in [4.78, 5) is 0. The number of rotatable bonds is 2. The maximum absolute atomic E-state index is 8.94. The molecule has 0 aromatic heterocycles. The molecule has 0 spiro atoms. The Kier molecular flexibility index (Phi) is 2.13. The highest BCUT2D eigenvalue weighted by Crippen LogP contribution is 2.12. The largest absolute Gasteiger partial charge is 0.508 e. The van der Waals surface area contributed by atoms with Crippen LogP contribution in [0.3, 0.4) is 0 Å². The van der Waals surface area contributed by atoms with Gasteiger partial charge in [-0.15, -0.1) is 0 Å². The van der Waals surface area contributed by atoms with Gasteiger partial charge in [0, 0.05) is 11.3 Å². The van der Waals surface area contributed by atoms with Crippen LogP contribution in [0.4, 0.5) is 5.69 Å². The number of nitrogen functional groups attached to an aromatic ring is 1. The first-order chi connectivity index (χ1) is 5.24. The standard InChI is InChI=1S/C8H10N2O/c1-6(11)7-2-4-8(10-9)5-3-7/h2-5,10-11H,1,9H2. The van der Waals surface area contributed by atoms with E-state index >= 15 is 0 Å². The van der Waals surface area contributed by atoms with Gasteiger partial charge in [0.05, 0.1) is 0 Å². The third-order valence-electron chi connectivity index (χ3n) is 1.38. The molecule has 0 aliphatic rings. The molecule has 0 radical (unpaired) electrons. The Morgan fingerprint density at radius 2 is 1.91 bits per heavy atom. The van der Waals surface area contributed by atoms with E-state index in [0.717, 1.165) is 5.69 Å². The Balaban J connectivity index is 2.91. The molecular weight excluding hydrogens is 140 g/mol. The zero-order valence-electron chi connectivity index (χ0n) is 6.04. The summed E-state index contributed by atoms with van der Waals surface area (Å²) in [6.45, 7) is 3.38. The van der Waals surface area contributed by atoms with E-state index in [1.54, 1.807) is 24.3 Å². The average molecular weight is 150 g/mol. The number of hydrogen-bond donors (Lipinski definition) is 3. The summed E-state index contributed by atoms with van der Waals surface area (Å²) in [5.74, 6) is 5.20. The van der Waals surface area contributed by atoms with Crippen molar-refractivity contribution >= 4 is 11.4 Å². The van der Waals surface area contributed by atoms with Gasteiger partial charge in [-0.2, -0.15) is 0 Å². The highest BCUT2D eigenvalue weighted by Gasteiger charge is 1.93. The Morgan fingerprint density at radius 1 is 1.36 bits per heavy atom. The molecule has 3 heteroatoms. The SMILES string of the molecule is C=C(O)c1ccc(NN)cc1. The number of aliphatic hydroxyl groups excluding tert-OH is 1. The van der Waals surface area contributed by atoms with Gasteiger partial charge in [0.15, 0.2) is 0 Å². The highest BCUT2D eigenvalue weighted by atomic mass is 16.3. The molecule has 1 rings (SSSR count). The topological polar surface area (TPSA) is 58.3 Å². The van der Waals surface area contributed by atoms with Crippen molar-refractivity contribution in [3.8, 4) is 0 Å². The van der Waals surface area contributed by atoms with Gasteiger partial charge in [0.25, 0.3) is 0 Å². The predicted molar refractivity (Wildman–Crippen MR) is 45.9 cm³/mol. The first kappa shape index (κ1) is 7.63. The van der Waals surface area contributed by atoms with Crippen LogP contribution in [-0.2, 0) is 0 Å². The Bertz CT molecular complexity index is 253. The number of hydrazine groups is 1. The number of nitrogens with one attached hydrogen (secondary N) is 1. The van der Waals surface area contributed by atoms with Crippen molar-refractivity contribution in [3.63, 3.8) is 0 Å². The molecular formula is C8H10N2O. The van der Waals surface area contributed by atoms with Crippen molar-refractivity contribution in [1.29, 1.82) is 0 Å².